The van der Waals surface area contributed by atoms with E-state index in [9.17, 15) is 9.59 Å². The molecule has 4 aliphatic rings. The number of amides is 2. The van der Waals surface area contributed by atoms with Crippen molar-refractivity contribution in [3.8, 4) is 11.5 Å². The maximum Gasteiger partial charge on any atom is 0.226 e. The van der Waals surface area contributed by atoms with Crippen LogP contribution in [0, 0.1) is 17.3 Å². The zero-order chi connectivity index (χ0) is 19.8. The van der Waals surface area contributed by atoms with E-state index in [2.05, 4.69) is 10.6 Å². The largest absolute Gasteiger partial charge is 0.497 e. The van der Waals surface area contributed by atoms with Crippen LogP contribution in [0.5, 0.6) is 11.5 Å². The van der Waals surface area contributed by atoms with E-state index in [1.54, 1.807) is 14.0 Å². The first kappa shape index (κ1) is 19.1. The Morgan fingerprint density at radius 2 is 1.86 bits per heavy atom. The lowest BCUT2D eigenvalue weighted by molar-refractivity contribution is -0.153. The normalized spacial score (nSPS) is 32.6. The summed E-state index contributed by atoms with van der Waals surface area (Å²) in [6.07, 6.45) is 5.93. The van der Waals surface area contributed by atoms with E-state index >= 15 is 0 Å². The number of carbonyl (C=O) groups excluding carboxylic acids is 2. The maximum atomic E-state index is 13.1. The molecule has 5 rings (SSSR count). The molecule has 1 aromatic rings. The molecular weight excluding hydrogens is 356 g/mol. The molecule has 4 atom stereocenters. The van der Waals surface area contributed by atoms with Gasteiger partial charge in [-0.1, -0.05) is 6.07 Å². The number of ether oxygens (including phenoxy) is 2. The molecule has 4 aliphatic carbocycles. The van der Waals surface area contributed by atoms with Crippen LogP contribution in [0.1, 0.15) is 45.4 Å². The molecule has 0 spiro atoms. The van der Waals surface area contributed by atoms with E-state index in [-0.39, 0.29) is 22.8 Å². The first-order valence-corrected chi connectivity index (χ1v) is 10.3. The summed E-state index contributed by atoms with van der Waals surface area (Å²) in [6, 6.07) is 7.45. The smallest absolute Gasteiger partial charge is 0.226 e. The molecule has 0 aromatic heterocycles. The summed E-state index contributed by atoms with van der Waals surface area (Å²) in [5.41, 5.74) is -0.507. The number of benzene rings is 1. The first-order chi connectivity index (χ1) is 13.4. The third kappa shape index (κ3) is 3.69. The maximum absolute atomic E-state index is 13.1. The van der Waals surface area contributed by atoms with Gasteiger partial charge < -0.3 is 20.1 Å². The molecule has 4 bridgehead atoms. The number of nitrogens with one attached hydrogen (secondary N) is 2. The minimum Gasteiger partial charge on any atom is -0.497 e. The second kappa shape index (κ2) is 7.30. The van der Waals surface area contributed by atoms with Crippen LogP contribution >= 0.6 is 0 Å². The lowest BCUT2D eigenvalue weighted by Gasteiger charge is -2.61. The topological polar surface area (TPSA) is 76.7 Å². The van der Waals surface area contributed by atoms with Crippen molar-refractivity contribution in [1.82, 2.24) is 10.6 Å². The number of hydrogen-bond donors (Lipinski definition) is 2. The average molecular weight is 386 g/mol. The van der Waals surface area contributed by atoms with Gasteiger partial charge >= 0.3 is 0 Å². The molecule has 4 saturated carbocycles. The Labute approximate surface area is 166 Å². The second-order valence-electron chi connectivity index (χ2n) is 8.99. The van der Waals surface area contributed by atoms with Crippen molar-refractivity contribution in [2.75, 3.05) is 20.3 Å². The molecule has 6 nitrogen and oxygen atoms in total. The highest BCUT2D eigenvalue weighted by molar-refractivity contribution is 5.84. The molecule has 1 aromatic carbocycles. The Morgan fingerprint density at radius 1 is 1.14 bits per heavy atom. The van der Waals surface area contributed by atoms with Crippen LogP contribution in [0.2, 0.25) is 0 Å². The molecule has 0 radical (unpaired) electrons. The van der Waals surface area contributed by atoms with E-state index in [0.717, 1.165) is 43.6 Å². The average Bonchev–Trinajstić information content (AvgIpc) is 2.63. The quantitative estimate of drug-likeness (QED) is 0.707. The van der Waals surface area contributed by atoms with Crippen LogP contribution in [0.15, 0.2) is 24.3 Å². The molecule has 2 unspecified atom stereocenters. The Bertz CT molecular complexity index is 749. The Kier molecular flexibility index (Phi) is 4.98. The number of methoxy groups -OCH3 is 1. The number of hydrogen-bond acceptors (Lipinski definition) is 4. The highest BCUT2D eigenvalue weighted by Crippen LogP contribution is 2.61. The summed E-state index contributed by atoms with van der Waals surface area (Å²) in [5.74, 6) is 2.72. The second-order valence-corrected chi connectivity index (χ2v) is 8.99. The molecule has 0 heterocycles. The van der Waals surface area contributed by atoms with Crippen LogP contribution < -0.4 is 20.1 Å². The van der Waals surface area contributed by atoms with Gasteiger partial charge in [0.05, 0.1) is 19.1 Å². The van der Waals surface area contributed by atoms with Crippen LogP contribution in [0.3, 0.4) is 0 Å². The highest BCUT2D eigenvalue weighted by Gasteiger charge is 2.60. The fraction of sp³-hybridized carbons (Fsp3) is 0.636. The predicted molar refractivity (Wildman–Crippen MR) is 105 cm³/mol. The number of carbonyl (C=O) groups is 2. The fourth-order valence-corrected chi connectivity index (χ4v) is 6.26. The molecule has 0 saturated heterocycles. The van der Waals surface area contributed by atoms with Crippen molar-refractivity contribution >= 4 is 11.8 Å². The summed E-state index contributed by atoms with van der Waals surface area (Å²) in [4.78, 5) is 24.9. The Hall–Kier alpha value is -2.24. The SMILES string of the molecule is COc1cccc(OCCNC(=O)C23C[C@@H]4C[C@@H](CC(NC(C)=O)(C4)C2)C3)c1. The molecule has 0 aliphatic heterocycles. The summed E-state index contributed by atoms with van der Waals surface area (Å²) >= 11 is 0. The Balaban J connectivity index is 1.34. The highest BCUT2D eigenvalue weighted by atomic mass is 16.5. The van der Waals surface area contributed by atoms with Crippen molar-refractivity contribution < 1.29 is 19.1 Å². The van der Waals surface area contributed by atoms with Crippen molar-refractivity contribution in [1.29, 1.82) is 0 Å². The van der Waals surface area contributed by atoms with Gasteiger partial charge in [0.25, 0.3) is 0 Å². The van der Waals surface area contributed by atoms with E-state index in [1.165, 1.54) is 6.42 Å². The van der Waals surface area contributed by atoms with Crippen molar-refractivity contribution in [2.24, 2.45) is 17.3 Å². The fourth-order valence-electron chi connectivity index (χ4n) is 6.26. The number of rotatable bonds is 7. The van der Waals surface area contributed by atoms with Crippen LogP contribution in [-0.4, -0.2) is 37.6 Å². The summed E-state index contributed by atoms with van der Waals surface area (Å²) < 4.78 is 10.9. The van der Waals surface area contributed by atoms with Gasteiger partial charge in [-0.3, -0.25) is 9.59 Å². The van der Waals surface area contributed by atoms with Gasteiger partial charge in [0.1, 0.15) is 18.1 Å². The summed E-state index contributed by atoms with van der Waals surface area (Å²) in [5, 5.41) is 6.31. The van der Waals surface area contributed by atoms with Crippen molar-refractivity contribution in [3.63, 3.8) is 0 Å². The monoisotopic (exact) mass is 386 g/mol. The van der Waals surface area contributed by atoms with Gasteiger partial charge in [-0.15, -0.1) is 0 Å². The molecule has 6 heteroatoms. The molecule has 4 fully saturated rings. The molecular formula is C22H30N2O4. The summed E-state index contributed by atoms with van der Waals surface area (Å²) in [6.45, 7) is 2.47. The van der Waals surface area contributed by atoms with Gasteiger partial charge in [0, 0.05) is 18.5 Å². The zero-order valence-corrected chi connectivity index (χ0v) is 16.8. The standard InChI is InChI=1S/C22H30N2O4/c1-15(25)24-22-12-16-8-17(13-22)11-21(10-16,14-22)20(26)23-6-7-28-19-5-3-4-18(9-19)27-2/h3-5,9,16-17H,6-8,10-14H2,1-2H3,(H,23,26)(H,24,25)/t16-,17+,21?,22?. The Morgan fingerprint density at radius 3 is 2.54 bits per heavy atom. The minimum absolute atomic E-state index is 0.0178. The molecule has 28 heavy (non-hydrogen) atoms. The van der Waals surface area contributed by atoms with E-state index < -0.39 is 0 Å². The summed E-state index contributed by atoms with van der Waals surface area (Å²) in [7, 11) is 1.62. The lowest BCUT2D eigenvalue weighted by Crippen LogP contribution is -2.65. The lowest BCUT2D eigenvalue weighted by atomic mass is 9.46. The molecule has 2 N–H and O–H groups in total. The van der Waals surface area contributed by atoms with Gasteiger partial charge in [-0.05, 0) is 62.5 Å². The van der Waals surface area contributed by atoms with Crippen molar-refractivity contribution in [2.45, 2.75) is 51.0 Å². The van der Waals surface area contributed by atoms with E-state index in [4.69, 9.17) is 9.47 Å². The van der Waals surface area contributed by atoms with Gasteiger partial charge in [0.15, 0.2) is 0 Å². The van der Waals surface area contributed by atoms with Crippen LogP contribution in [0.25, 0.3) is 0 Å². The van der Waals surface area contributed by atoms with Crippen molar-refractivity contribution in [3.05, 3.63) is 24.3 Å². The van der Waals surface area contributed by atoms with E-state index in [1.807, 2.05) is 24.3 Å². The van der Waals surface area contributed by atoms with Gasteiger partial charge in [-0.2, -0.15) is 0 Å². The zero-order valence-electron chi connectivity index (χ0n) is 16.8. The third-order valence-corrected chi connectivity index (χ3v) is 6.68. The van der Waals surface area contributed by atoms with Crippen LogP contribution in [0.4, 0.5) is 0 Å². The van der Waals surface area contributed by atoms with Gasteiger partial charge in [0.2, 0.25) is 11.8 Å². The minimum atomic E-state index is -0.331. The first-order valence-electron chi connectivity index (χ1n) is 10.3. The van der Waals surface area contributed by atoms with Gasteiger partial charge in [-0.25, -0.2) is 0 Å². The van der Waals surface area contributed by atoms with E-state index in [0.29, 0.717) is 25.0 Å². The molecule has 2 amide bonds. The third-order valence-electron chi connectivity index (χ3n) is 6.68. The van der Waals surface area contributed by atoms with Crippen LogP contribution in [-0.2, 0) is 9.59 Å². The molecule has 152 valence electrons. The predicted octanol–water partition coefficient (Wildman–Crippen LogP) is 2.67.